The second kappa shape index (κ2) is 10.8. The van der Waals surface area contributed by atoms with Crippen molar-refractivity contribution in [2.24, 2.45) is 5.92 Å². The van der Waals surface area contributed by atoms with Crippen LogP contribution < -0.4 is 5.32 Å². The molecule has 0 radical (unpaired) electrons. The number of hydrogen-bond acceptors (Lipinski definition) is 6. The third kappa shape index (κ3) is 5.22. The minimum atomic E-state index is -4.66. The van der Waals surface area contributed by atoms with E-state index >= 15 is 0 Å². The van der Waals surface area contributed by atoms with E-state index in [1.807, 2.05) is 19.1 Å². The number of Topliss-reactive ketones (excluding diaryl/α,β-unsaturated/α-hetero) is 1. The Hall–Kier alpha value is -4.61. The lowest BCUT2D eigenvalue weighted by Crippen LogP contribution is -2.52. The van der Waals surface area contributed by atoms with E-state index in [-0.39, 0.29) is 36.0 Å². The number of amides is 2. The van der Waals surface area contributed by atoms with Gasteiger partial charge in [-0.2, -0.15) is 13.2 Å². The monoisotopic (exact) mass is 604 g/mol. The number of fused-ring (bicyclic) bond motifs is 3. The predicted octanol–water partition coefficient (Wildman–Crippen LogP) is 5.66. The normalized spacial score (nSPS) is 19.5. The second-order valence-electron chi connectivity index (χ2n) is 11.8. The van der Waals surface area contributed by atoms with Gasteiger partial charge in [0.05, 0.1) is 5.52 Å². The predicted molar refractivity (Wildman–Crippen MR) is 157 cm³/mol. The van der Waals surface area contributed by atoms with E-state index in [1.54, 1.807) is 41.9 Å². The highest BCUT2D eigenvalue weighted by Gasteiger charge is 2.51. The van der Waals surface area contributed by atoms with Crippen LogP contribution in [0.2, 0.25) is 0 Å². The standard InChI is InChI=1S/C32H31F3N6O3/c1-16-5-8-26(32(33,34)35)38-30(16)39-31(44)29-20-6-7-23(10-20)41(29)27(43)15-40-14-25(18(3)42)24-11-21(9-17(2)28(24)40)22-12-36-19(4)37-13-22/h5,8-9,11-14,20,23,29H,6-7,10,15H2,1-4H3,(H,38,39,44)/t20?,23?,29-/m0/s1. The molecule has 1 aliphatic carbocycles. The van der Waals surface area contributed by atoms with E-state index in [4.69, 9.17) is 0 Å². The van der Waals surface area contributed by atoms with Gasteiger partial charge in [-0.1, -0.05) is 6.07 Å². The molecule has 2 aliphatic rings. The maximum absolute atomic E-state index is 13.9. The Morgan fingerprint density at radius 3 is 2.41 bits per heavy atom. The van der Waals surface area contributed by atoms with Gasteiger partial charge in [0.25, 0.3) is 0 Å². The smallest absolute Gasteiger partial charge is 0.337 e. The number of alkyl halides is 3. The summed E-state index contributed by atoms with van der Waals surface area (Å²) >= 11 is 0. The molecule has 1 aliphatic heterocycles. The fraction of sp³-hybridized carbons (Fsp3) is 0.375. The highest BCUT2D eigenvalue weighted by Crippen LogP contribution is 2.43. The average molecular weight is 605 g/mol. The molecule has 2 unspecified atom stereocenters. The van der Waals surface area contributed by atoms with E-state index in [2.05, 4.69) is 20.3 Å². The Labute approximate surface area is 251 Å². The van der Waals surface area contributed by atoms with Gasteiger partial charge in [0.1, 0.15) is 29.9 Å². The molecule has 3 atom stereocenters. The summed E-state index contributed by atoms with van der Waals surface area (Å²) in [5, 5.41) is 3.27. The number of aryl methyl sites for hydroxylation is 3. The zero-order chi connectivity index (χ0) is 31.5. The molecule has 2 amide bonds. The van der Waals surface area contributed by atoms with Gasteiger partial charge in [0.15, 0.2) is 5.78 Å². The quantitative estimate of drug-likeness (QED) is 0.285. The van der Waals surface area contributed by atoms with Crippen molar-refractivity contribution in [1.29, 1.82) is 0 Å². The van der Waals surface area contributed by atoms with Gasteiger partial charge in [0.2, 0.25) is 11.8 Å². The van der Waals surface area contributed by atoms with Crippen molar-refractivity contribution in [3.63, 3.8) is 0 Å². The number of pyridine rings is 1. The number of halogens is 3. The third-order valence-corrected chi connectivity index (χ3v) is 8.73. The van der Waals surface area contributed by atoms with Crippen molar-refractivity contribution < 1.29 is 27.6 Å². The molecule has 4 aromatic rings. The number of hydrogen-bond donors (Lipinski definition) is 1. The summed E-state index contributed by atoms with van der Waals surface area (Å²) in [6.45, 7) is 6.64. The first-order valence-electron chi connectivity index (χ1n) is 14.4. The number of likely N-dealkylation sites (tertiary alicyclic amines) is 1. The zero-order valence-corrected chi connectivity index (χ0v) is 24.7. The molecule has 4 heterocycles. The number of carbonyl (C=O) groups is 3. The van der Waals surface area contributed by atoms with Crippen LogP contribution in [0.4, 0.5) is 19.0 Å². The topological polar surface area (TPSA) is 110 Å². The van der Waals surface area contributed by atoms with E-state index in [1.165, 1.54) is 13.0 Å². The fourth-order valence-corrected chi connectivity index (χ4v) is 6.69. The summed E-state index contributed by atoms with van der Waals surface area (Å²) in [5.41, 5.74) is 2.97. The summed E-state index contributed by atoms with van der Waals surface area (Å²) in [4.78, 5) is 54.0. The Bertz CT molecular complexity index is 1810. The van der Waals surface area contributed by atoms with Crippen LogP contribution in [-0.2, 0) is 22.3 Å². The molecule has 44 heavy (non-hydrogen) atoms. The number of nitrogens with one attached hydrogen (secondary N) is 1. The van der Waals surface area contributed by atoms with Gasteiger partial charge in [-0.3, -0.25) is 14.4 Å². The highest BCUT2D eigenvalue weighted by atomic mass is 19.4. The van der Waals surface area contributed by atoms with Gasteiger partial charge in [-0.25, -0.2) is 15.0 Å². The first kappa shape index (κ1) is 29.5. The lowest BCUT2D eigenvalue weighted by molar-refractivity contribution is -0.141. The van der Waals surface area contributed by atoms with Crippen molar-refractivity contribution in [3.05, 3.63) is 71.1 Å². The van der Waals surface area contributed by atoms with Gasteiger partial charge >= 0.3 is 6.18 Å². The molecule has 12 heteroatoms. The van der Waals surface area contributed by atoms with E-state index in [9.17, 15) is 27.6 Å². The van der Waals surface area contributed by atoms with Crippen LogP contribution >= 0.6 is 0 Å². The number of piperidine rings is 1. The first-order chi connectivity index (χ1) is 20.8. The molecular formula is C32H31F3N6O3. The van der Waals surface area contributed by atoms with Crippen LogP contribution in [0.5, 0.6) is 0 Å². The molecule has 2 fully saturated rings. The number of nitrogens with zero attached hydrogens (tertiary/aromatic N) is 5. The van der Waals surface area contributed by atoms with Crippen LogP contribution in [0.3, 0.4) is 0 Å². The van der Waals surface area contributed by atoms with E-state index < -0.39 is 23.8 Å². The van der Waals surface area contributed by atoms with Crippen molar-refractivity contribution in [2.75, 3.05) is 5.32 Å². The summed E-state index contributed by atoms with van der Waals surface area (Å²) in [6, 6.07) is 5.00. The summed E-state index contributed by atoms with van der Waals surface area (Å²) in [5.74, 6) is -0.640. The first-order valence-corrected chi connectivity index (χ1v) is 14.4. The number of rotatable bonds is 6. The number of benzene rings is 1. The maximum atomic E-state index is 13.9. The second-order valence-corrected chi connectivity index (χ2v) is 11.8. The van der Waals surface area contributed by atoms with E-state index in [0.717, 1.165) is 41.1 Å². The molecule has 1 saturated carbocycles. The summed E-state index contributed by atoms with van der Waals surface area (Å²) < 4.78 is 41.6. The Kier molecular flexibility index (Phi) is 7.25. The maximum Gasteiger partial charge on any atom is 0.433 e. The molecule has 3 aromatic heterocycles. The number of ketones is 1. The highest BCUT2D eigenvalue weighted by molar-refractivity contribution is 6.09. The van der Waals surface area contributed by atoms with Gasteiger partial charge < -0.3 is 14.8 Å². The number of anilines is 1. The van der Waals surface area contributed by atoms with Crippen LogP contribution in [0, 0.1) is 26.7 Å². The van der Waals surface area contributed by atoms with Crippen molar-refractivity contribution in [2.45, 2.75) is 71.8 Å². The van der Waals surface area contributed by atoms with Crippen LogP contribution in [0.25, 0.3) is 22.0 Å². The molecule has 9 nitrogen and oxygen atoms in total. The summed E-state index contributed by atoms with van der Waals surface area (Å²) in [7, 11) is 0. The van der Waals surface area contributed by atoms with E-state index in [0.29, 0.717) is 28.8 Å². The van der Waals surface area contributed by atoms with Crippen molar-refractivity contribution >= 4 is 34.3 Å². The lowest BCUT2D eigenvalue weighted by Gasteiger charge is -2.34. The third-order valence-electron chi connectivity index (χ3n) is 8.73. The molecule has 228 valence electrons. The molecule has 1 aromatic carbocycles. The Morgan fingerprint density at radius 2 is 1.73 bits per heavy atom. The summed E-state index contributed by atoms with van der Waals surface area (Å²) in [6.07, 6.45) is 2.59. The minimum absolute atomic E-state index is 0.106. The molecule has 1 saturated heterocycles. The van der Waals surface area contributed by atoms with Crippen LogP contribution in [-0.4, -0.2) is 54.1 Å². The van der Waals surface area contributed by atoms with Gasteiger partial charge in [0, 0.05) is 41.1 Å². The molecular weight excluding hydrogens is 573 g/mol. The Morgan fingerprint density at radius 1 is 1.00 bits per heavy atom. The molecule has 2 bridgehead atoms. The number of aromatic nitrogens is 4. The largest absolute Gasteiger partial charge is 0.433 e. The average Bonchev–Trinajstić information content (AvgIpc) is 3.68. The Balaban J connectivity index is 1.30. The SMILES string of the molecule is CC(=O)c1cn(CC(=O)N2C3CCC(C3)[C@H]2C(=O)Nc2nc(C(F)(F)F)ccc2C)c2c(C)cc(-c3cnc(C)nc3)cc12. The van der Waals surface area contributed by atoms with Crippen LogP contribution in [0.15, 0.2) is 42.9 Å². The number of carbonyl (C=O) groups excluding carboxylic acids is 3. The minimum Gasteiger partial charge on any atom is -0.337 e. The fourth-order valence-electron chi connectivity index (χ4n) is 6.69. The van der Waals surface area contributed by atoms with Gasteiger partial charge in [-0.05, 0) is 87.8 Å². The molecule has 0 spiro atoms. The molecule has 1 N–H and O–H groups in total. The lowest BCUT2D eigenvalue weighted by atomic mass is 9.97. The van der Waals surface area contributed by atoms with Crippen molar-refractivity contribution in [1.82, 2.24) is 24.4 Å². The molecule has 6 rings (SSSR count). The van der Waals surface area contributed by atoms with Crippen LogP contribution in [0.1, 0.15) is 59.2 Å². The van der Waals surface area contributed by atoms with Crippen molar-refractivity contribution in [3.8, 4) is 11.1 Å². The van der Waals surface area contributed by atoms with Gasteiger partial charge in [-0.15, -0.1) is 0 Å². The zero-order valence-electron chi connectivity index (χ0n) is 24.7.